The van der Waals surface area contributed by atoms with Crippen molar-refractivity contribution in [1.29, 1.82) is 0 Å². The summed E-state index contributed by atoms with van der Waals surface area (Å²) in [5.41, 5.74) is 0.693. The van der Waals surface area contributed by atoms with Crippen molar-refractivity contribution in [3.63, 3.8) is 0 Å². The Morgan fingerprint density at radius 3 is 2.69 bits per heavy atom. The Labute approximate surface area is 157 Å². The van der Waals surface area contributed by atoms with E-state index in [4.69, 9.17) is 25.8 Å². The van der Waals surface area contributed by atoms with Crippen LogP contribution in [0.5, 0.6) is 11.5 Å². The van der Waals surface area contributed by atoms with Gasteiger partial charge in [-0.1, -0.05) is 11.6 Å². The first-order valence-corrected chi connectivity index (χ1v) is 9.23. The summed E-state index contributed by atoms with van der Waals surface area (Å²) in [5.74, 6) is 0.364. The van der Waals surface area contributed by atoms with Gasteiger partial charge in [0.2, 0.25) is 0 Å². The average Bonchev–Trinajstić information content (AvgIpc) is 2.91. The Kier molecular flexibility index (Phi) is 6.39. The maximum absolute atomic E-state index is 12.0. The highest BCUT2D eigenvalue weighted by atomic mass is 35.5. The van der Waals surface area contributed by atoms with Gasteiger partial charge in [0, 0.05) is 25.6 Å². The number of ether oxygens (including phenoxy) is 3. The third-order valence-corrected chi connectivity index (χ3v) is 4.56. The van der Waals surface area contributed by atoms with Crippen LogP contribution < -0.4 is 9.47 Å². The summed E-state index contributed by atoms with van der Waals surface area (Å²) in [6, 6.07) is 3.45. The van der Waals surface area contributed by atoms with E-state index < -0.39 is 5.97 Å². The molecule has 1 amide bonds. The highest BCUT2D eigenvalue weighted by Crippen LogP contribution is 2.38. The highest BCUT2D eigenvalue weighted by molar-refractivity contribution is 6.32. The minimum atomic E-state index is -0.571. The number of carbonyl (C=O) groups excluding carboxylic acids is 2. The van der Waals surface area contributed by atoms with E-state index >= 15 is 0 Å². The fraction of sp³-hybridized carbons (Fsp3) is 0.474. The van der Waals surface area contributed by atoms with Crippen LogP contribution in [0.2, 0.25) is 5.02 Å². The van der Waals surface area contributed by atoms with Crippen molar-refractivity contribution in [3.05, 3.63) is 28.8 Å². The molecule has 0 saturated carbocycles. The fourth-order valence-corrected chi connectivity index (χ4v) is 3.20. The molecule has 2 heterocycles. The number of nitrogens with zero attached hydrogens (tertiary/aromatic N) is 1. The quantitative estimate of drug-likeness (QED) is 0.594. The van der Waals surface area contributed by atoms with E-state index in [0.29, 0.717) is 35.3 Å². The Morgan fingerprint density at radius 1 is 1.12 bits per heavy atom. The first-order chi connectivity index (χ1) is 12.6. The van der Waals surface area contributed by atoms with Crippen molar-refractivity contribution in [2.24, 2.45) is 0 Å². The summed E-state index contributed by atoms with van der Waals surface area (Å²) < 4.78 is 16.2. The van der Waals surface area contributed by atoms with Gasteiger partial charge in [-0.15, -0.1) is 0 Å². The number of piperidine rings is 1. The van der Waals surface area contributed by atoms with Crippen LogP contribution >= 0.6 is 11.6 Å². The van der Waals surface area contributed by atoms with Gasteiger partial charge in [-0.05, 0) is 43.0 Å². The number of halogens is 1. The first-order valence-electron chi connectivity index (χ1n) is 8.85. The Morgan fingerprint density at radius 2 is 1.88 bits per heavy atom. The number of esters is 1. The van der Waals surface area contributed by atoms with E-state index in [0.717, 1.165) is 38.8 Å². The molecule has 6 nitrogen and oxygen atoms in total. The molecule has 2 aliphatic rings. The summed E-state index contributed by atoms with van der Waals surface area (Å²) in [6.45, 7) is 2.35. The summed E-state index contributed by atoms with van der Waals surface area (Å²) in [6.07, 6.45) is 6.79. The smallest absolute Gasteiger partial charge is 0.331 e. The lowest BCUT2D eigenvalue weighted by atomic mass is 10.1. The molecule has 0 unspecified atom stereocenters. The molecule has 0 bridgehead atoms. The molecule has 0 N–H and O–H groups in total. The van der Waals surface area contributed by atoms with Crippen LogP contribution in [0.3, 0.4) is 0 Å². The first kappa shape index (κ1) is 18.6. The molecule has 140 valence electrons. The van der Waals surface area contributed by atoms with Crippen LogP contribution in [-0.2, 0) is 14.3 Å². The third-order valence-electron chi connectivity index (χ3n) is 4.28. The van der Waals surface area contributed by atoms with Gasteiger partial charge in [-0.2, -0.15) is 0 Å². The maximum Gasteiger partial charge on any atom is 0.331 e. The normalized spacial score (nSPS) is 17.0. The lowest BCUT2D eigenvalue weighted by Gasteiger charge is -2.26. The molecule has 1 saturated heterocycles. The van der Waals surface area contributed by atoms with E-state index in [1.54, 1.807) is 23.1 Å². The summed E-state index contributed by atoms with van der Waals surface area (Å²) >= 11 is 6.22. The Hall–Kier alpha value is -2.21. The maximum atomic E-state index is 12.0. The second-order valence-electron chi connectivity index (χ2n) is 6.26. The van der Waals surface area contributed by atoms with Gasteiger partial charge in [0.05, 0.1) is 18.2 Å². The molecule has 3 rings (SSSR count). The second kappa shape index (κ2) is 8.94. The van der Waals surface area contributed by atoms with Gasteiger partial charge in [-0.3, -0.25) is 4.79 Å². The Balaban J connectivity index is 1.55. The van der Waals surface area contributed by atoms with Crippen molar-refractivity contribution < 1.29 is 23.8 Å². The average molecular weight is 380 g/mol. The van der Waals surface area contributed by atoms with Crippen LogP contribution in [0.1, 0.15) is 31.2 Å². The van der Waals surface area contributed by atoms with Crippen LogP contribution in [0.25, 0.3) is 6.08 Å². The van der Waals surface area contributed by atoms with Crippen LogP contribution in [0.15, 0.2) is 18.2 Å². The minimum Gasteiger partial charge on any atom is -0.489 e. The van der Waals surface area contributed by atoms with Crippen molar-refractivity contribution in [2.75, 3.05) is 32.9 Å². The van der Waals surface area contributed by atoms with E-state index in [1.165, 1.54) is 6.08 Å². The zero-order valence-corrected chi connectivity index (χ0v) is 15.3. The predicted octanol–water partition coefficient (Wildman–Crippen LogP) is 3.07. The molecule has 7 heteroatoms. The van der Waals surface area contributed by atoms with Crippen molar-refractivity contribution >= 4 is 29.6 Å². The largest absolute Gasteiger partial charge is 0.489 e. The predicted molar refractivity (Wildman–Crippen MR) is 97.5 cm³/mol. The summed E-state index contributed by atoms with van der Waals surface area (Å²) in [5, 5.41) is 0.428. The monoisotopic (exact) mass is 379 g/mol. The fourth-order valence-electron chi connectivity index (χ4n) is 2.93. The molecule has 1 aromatic carbocycles. The summed E-state index contributed by atoms with van der Waals surface area (Å²) in [7, 11) is 0. The highest BCUT2D eigenvalue weighted by Gasteiger charge is 2.18. The van der Waals surface area contributed by atoms with Crippen molar-refractivity contribution in [1.82, 2.24) is 4.90 Å². The van der Waals surface area contributed by atoms with E-state index in [2.05, 4.69) is 0 Å². The Bertz CT molecular complexity index is 697. The van der Waals surface area contributed by atoms with Crippen LogP contribution in [0.4, 0.5) is 0 Å². The van der Waals surface area contributed by atoms with E-state index in [9.17, 15) is 9.59 Å². The topological polar surface area (TPSA) is 65.1 Å². The molecule has 1 fully saturated rings. The molecule has 26 heavy (non-hydrogen) atoms. The molecule has 0 aliphatic carbocycles. The molecule has 2 aliphatic heterocycles. The van der Waals surface area contributed by atoms with Gasteiger partial charge in [0.1, 0.15) is 0 Å². The zero-order chi connectivity index (χ0) is 18.4. The number of benzene rings is 1. The van der Waals surface area contributed by atoms with Crippen LogP contribution in [-0.4, -0.2) is 49.7 Å². The standard InChI is InChI=1S/C19H22ClNO5/c20-15-11-14(12-16-19(15)25-10-4-9-24-16)5-6-18(23)26-13-17(22)21-7-2-1-3-8-21/h5-6,11-12H,1-4,7-10,13H2/b6-5+. The molecule has 1 aromatic rings. The lowest BCUT2D eigenvalue weighted by molar-refractivity contribution is -0.148. The summed E-state index contributed by atoms with van der Waals surface area (Å²) in [4.78, 5) is 25.6. The third kappa shape index (κ3) is 4.91. The molecule has 0 radical (unpaired) electrons. The number of fused-ring (bicyclic) bond motifs is 1. The van der Waals surface area contributed by atoms with Gasteiger partial charge < -0.3 is 19.1 Å². The number of amides is 1. The molecule has 0 spiro atoms. The number of rotatable bonds is 4. The second-order valence-corrected chi connectivity index (χ2v) is 6.67. The van der Waals surface area contributed by atoms with Gasteiger partial charge in [-0.25, -0.2) is 4.79 Å². The van der Waals surface area contributed by atoms with Crippen LogP contribution in [0, 0.1) is 0 Å². The van der Waals surface area contributed by atoms with E-state index in [1.807, 2.05) is 0 Å². The SMILES string of the molecule is O=C(/C=C/c1cc(Cl)c2c(c1)OCCCO2)OCC(=O)N1CCCCC1. The van der Waals surface area contributed by atoms with Crippen molar-refractivity contribution in [3.8, 4) is 11.5 Å². The minimum absolute atomic E-state index is 0.148. The lowest BCUT2D eigenvalue weighted by Crippen LogP contribution is -2.38. The molecule has 0 atom stereocenters. The van der Waals surface area contributed by atoms with Gasteiger partial charge in [0.25, 0.3) is 5.91 Å². The number of likely N-dealkylation sites (tertiary alicyclic amines) is 1. The zero-order valence-electron chi connectivity index (χ0n) is 14.5. The molecular formula is C19H22ClNO5. The molecule has 0 aromatic heterocycles. The number of carbonyl (C=O) groups is 2. The van der Waals surface area contributed by atoms with Gasteiger partial charge >= 0.3 is 5.97 Å². The van der Waals surface area contributed by atoms with Crippen molar-refractivity contribution in [2.45, 2.75) is 25.7 Å². The van der Waals surface area contributed by atoms with E-state index in [-0.39, 0.29) is 12.5 Å². The number of hydrogen-bond donors (Lipinski definition) is 0. The molecular weight excluding hydrogens is 358 g/mol. The number of hydrogen-bond acceptors (Lipinski definition) is 5. The van der Waals surface area contributed by atoms with Gasteiger partial charge in [0.15, 0.2) is 18.1 Å².